The summed E-state index contributed by atoms with van der Waals surface area (Å²) in [6.07, 6.45) is 0.947. The van der Waals surface area contributed by atoms with Crippen LogP contribution in [0.1, 0.15) is 31.7 Å². The van der Waals surface area contributed by atoms with Crippen LogP contribution >= 0.6 is 0 Å². The van der Waals surface area contributed by atoms with Crippen LogP contribution in [-0.2, 0) is 9.59 Å². The highest BCUT2D eigenvalue weighted by Crippen LogP contribution is 2.26. The number of benzene rings is 2. The minimum absolute atomic E-state index is 0.294. The van der Waals surface area contributed by atoms with Crippen molar-refractivity contribution in [1.29, 1.82) is 0 Å². The molecule has 2 N–H and O–H groups in total. The maximum absolute atomic E-state index is 12.2. The normalized spacial score (nSPS) is 11.5. The summed E-state index contributed by atoms with van der Waals surface area (Å²) in [5.74, 6) is -0.519. The number of nitrogens with one attached hydrogen (secondary N) is 2. The van der Waals surface area contributed by atoms with Gasteiger partial charge >= 0.3 is 11.8 Å². The number of carbonyl (C=O) groups is 2. The molecule has 2 aromatic carbocycles. The first-order valence-electron chi connectivity index (χ1n) is 7.90. The predicted octanol–water partition coefficient (Wildman–Crippen LogP) is 3.79. The molecule has 0 spiro atoms. The minimum atomic E-state index is -0.720. The molecule has 24 heavy (non-hydrogen) atoms. The largest absolute Gasteiger partial charge is 0.497 e. The topological polar surface area (TPSA) is 67.4 Å². The molecule has 0 radical (unpaired) electrons. The Kier molecular flexibility index (Phi) is 5.95. The van der Waals surface area contributed by atoms with Crippen LogP contribution in [0.15, 0.2) is 48.5 Å². The average molecular weight is 326 g/mol. The Morgan fingerprint density at radius 2 is 1.75 bits per heavy atom. The van der Waals surface area contributed by atoms with Gasteiger partial charge in [0.25, 0.3) is 0 Å². The van der Waals surface area contributed by atoms with Gasteiger partial charge in [-0.1, -0.05) is 38.1 Å². The van der Waals surface area contributed by atoms with Gasteiger partial charge in [-0.05, 0) is 36.1 Å². The zero-order chi connectivity index (χ0) is 17.5. The van der Waals surface area contributed by atoms with E-state index >= 15 is 0 Å². The molecule has 0 heterocycles. The Hall–Kier alpha value is -2.82. The molecule has 0 aliphatic carbocycles. The van der Waals surface area contributed by atoms with E-state index in [1.165, 1.54) is 0 Å². The molecular weight excluding hydrogens is 304 g/mol. The number of carbonyl (C=O) groups excluding carboxylic acids is 2. The molecule has 2 aromatic rings. The van der Waals surface area contributed by atoms with Gasteiger partial charge < -0.3 is 15.4 Å². The molecule has 0 aliphatic heterocycles. The van der Waals surface area contributed by atoms with E-state index in [1.807, 2.05) is 18.2 Å². The van der Waals surface area contributed by atoms with E-state index in [0.29, 0.717) is 23.0 Å². The van der Waals surface area contributed by atoms with Crippen molar-refractivity contribution in [3.05, 3.63) is 54.1 Å². The maximum Gasteiger partial charge on any atom is 0.314 e. The first kappa shape index (κ1) is 17.5. The monoisotopic (exact) mass is 326 g/mol. The fourth-order valence-electron chi connectivity index (χ4n) is 2.33. The van der Waals surface area contributed by atoms with Crippen molar-refractivity contribution in [2.45, 2.75) is 26.2 Å². The highest BCUT2D eigenvalue weighted by molar-refractivity contribution is 6.43. The summed E-state index contributed by atoms with van der Waals surface area (Å²) < 4.78 is 5.10. The fourth-order valence-corrected chi connectivity index (χ4v) is 2.33. The number of anilines is 2. The third-order valence-corrected chi connectivity index (χ3v) is 3.89. The van der Waals surface area contributed by atoms with E-state index in [0.717, 1.165) is 12.0 Å². The summed E-state index contributed by atoms with van der Waals surface area (Å²) >= 11 is 0. The van der Waals surface area contributed by atoms with Crippen LogP contribution in [0, 0.1) is 0 Å². The zero-order valence-corrected chi connectivity index (χ0v) is 14.1. The molecule has 1 atom stereocenters. The highest BCUT2D eigenvalue weighted by atomic mass is 16.5. The van der Waals surface area contributed by atoms with Crippen molar-refractivity contribution in [1.82, 2.24) is 0 Å². The highest BCUT2D eigenvalue weighted by Gasteiger charge is 2.17. The van der Waals surface area contributed by atoms with Gasteiger partial charge in [0, 0.05) is 17.4 Å². The second-order valence-electron chi connectivity index (χ2n) is 5.54. The summed E-state index contributed by atoms with van der Waals surface area (Å²) in [5, 5.41) is 5.26. The standard InChI is InChI=1S/C19H22N2O3/c1-4-13(2)16-10-5-6-11-17(16)21-19(23)18(22)20-14-8-7-9-15(12-14)24-3/h5-13H,4H2,1-3H3,(H,20,22)(H,21,23). The fraction of sp³-hybridized carbons (Fsp3) is 0.263. The zero-order valence-electron chi connectivity index (χ0n) is 14.1. The third-order valence-electron chi connectivity index (χ3n) is 3.89. The van der Waals surface area contributed by atoms with Crippen molar-refractivity contribution < 1.29 is 14.3 Å². The van der Waals surface area contributed by atoms with Crippen molar-refractivity contribution >= 4 is 23.2 Å². The molecule has 0 aromatic heterocycles. The summed E-state index contributed by atoms with van der Waals surface area (Å²) in [6, 6.07) is 14.4. The van der Waals surface area contributed by atoms with Gasteiger partial charge in [-0.15, -0.1) is 0 Å². The van der Waals surface area contributed by atoms with E-state index in [9.17, 15) is 9.59 Å². The lowest BCUT2D eigenvalue weighted by molar-refractivity contribution is -0.133. The molecule has 0 saturated carbocycles. The second kappa shape index (κ2) is 8.15. The number of amides is 2. The summed E-state index contributed by atoms with van der Waals surface area (Å²) in [6.45, 7) is 4.17. The van der Waals surface area contributed by atoms with Crippen LogP contribution in [0.5, 0.6) is 5.75 Å². The first-order chi connectivity index (χ1) is 11.5. The molecule has 2 rings (SSSR count). The average Bonchev–Trinajstić information content (AvgIpc) is 2.61. The Balaban J connectivity index is 2.08. The van der Waals surface area contributed by atoms with E-state index in [-0.39, 0.29) is 0 Å². The van der Waals surface area contributed by atoms with E-state index in [1.54, 1.807) is 37.4 Å². The number of hydrogen-bond donors (Lipinski definition) is 2. The predicted molar refractivity (Wildman–Crippen MR) is 95.4 cm³/mol. The molecule has 126 valence electrons. The Morgan fingerprint density at radius 3 is 2.46 bits per heavy atom. The van der Waals surface area contributed by atoms with Gasteiger partial charge in [0.2, 0.25) is 0 Å². The van der Waals surface area contributed by atoms with Crippen LogP contribution in [-0.4, -0.2) is 18.9 Å². The minimum Gasteiger partial charge on any atom is -0.497 e. The summed E-state index contributed by atoms with van der Waals surface area (Å²) in [4.78, 5) is 24.3. The molecule has 0 bridgehead atoms. The van der Waals surface area contributed by atoms with Gasteiger partial charge in [0.05, 0.1) is 7.11 Å². The van der Waals surface area contributed by atoms with Crippen molar-refractivity contribution in [2.75, 3.05) is 17.7 Å². The van der Waals surface area contributed by atoms with Crippen LogP contribution in [0.4, 0.5) is 11.4 Å². The van der Waals surface area contributed by atoms with Crippen molar-refractivity contribution in [3.8, 4) is 5.75 Å². The number of ether oxygens (including phenoxy) is 1. The molecule has 1 unspecified atom stereocenters. The van der Waals surface area contributed by atoms with Crippen LogP contribution < -0.4 is 15.4 Å². The first-order valence-corrected chi connectivity index (χ1v) is 7.90. The van der Waals surface area contributed by atoms with Crippen molar-refractivity contribution in [2.24, 2.45) is 0 Å². The molecule has 0 saturated heterocycles. The van der Waals surface area contributed by atoms with Crippen LogP contribution in [0.25, 0.3) is 0 Å². The third kappa shape index (κ3) is 4.35. The number of rotatable bonds is 5. The SMILES string of the molecule is CCC(C)c1ccccc1NC(=O)C(=O)Nc1cccc(OC)c1. The quantitative estimate of drug-likeness (QED) is 0.822. The molecule has 5 heteroatoms. The van der Waals surface area contributed by atoms with E-state index in [4.69, 9.17) is 4.74 Å². The molecule has 5 nitrogen and oxygen atoms in total. The number of para-hydroxylation sites is 1. The summed E-state index contributed by atoms with van der Waals surface area (Å²) in [7, 11) is 1.54. The van der Waals surface area contributed by atoms with Gasteiger partial charge in [-0.3, -0.25) is 9.59 Å². The van der Waals surface area contributed by atoms with Gasteiger partial charge in [0.1, 0.15) is 5.75 Å². The molecule has 0 fully saturated rings. The second-order valence-corrected chi connectivity index (χ2v) is 5.54. The number of methoxy groups -OCH3 is 1. The molecule has 2 amide bonds. The molecule has 0 aliphatic rings. The maximum atomic E-state index is 12.2. The van der Waals surface area contributed by atoms with Crippen molar-refractivity contribution in [3.63, 3.8) is 0 Å². The Bertz CT molecular complexity index is 728. The lowest BCUT2D eigenvalue weighted by Crippen LogP contribution is -2.29. The summed E-state index contributed by atoms with van der Waals surface area (Å²) in [5.41, 5.74) is 2.19. The molecular formula is C19H22N2O3. The number of hydrogen-bond acceptors (Lipinski definition) is 3. The van der Waals surface area contributed by atoms with Gasteiger partial charge in [-0.25, -0.2) is 0 Å². The van der Waals surface area contributed by atoms with Gasteiger partial charge in [0.15, 0.2) is 0 Å². The van der Waals surface area contributed by atoms with Crippen LogP contribution in [0.2, 0.25) is 0 Å². The van der Waals surface area contributed by atoms with Crippen LogP contribution in [0.3, 0.4) is 0 Å². The van der Waals surface area contributed by atoms with E-state index < -0.39 is 11.8 Å². The smallest absolute Gasteiger partial charge is 0.314 e. The van der Waals surface area contributed by atoms with E-state index in [2.05, 4.69) is 24.5 Å². The lowest BCUT2D eigenvalue weighted by atomic mass is 9.97. The lowest BCUT2D eigenvalue weighted by Gasteiger charge is -2.15. The Labute approximate surface area is 142 Å². The Morgan fingerprint density at radius 1 is 1.04 bits per heavy atom. The van der Waals surface area contributed by atoms with Gasteiger partial charge in [-0.2, -0.15) is 0 Å².